The Morgan fingerprint density at radius 1 is 1.08 bits per heavy atom. The SMILES string of the molecule is CCOC(=O)c1cccc(CCN2C(=O)[C@](CC(C)C)(c3ccccc3)NC2=NC(=O)OC(C)(C)C)c1. The van der Waals surface area contributed by atoms with Crippen LogP contribution >= 0.6 is 0 Å². The number of benzene rings is 2. The molecule has 0 aromatic heterocycles. The largest absolute Gasteiger partial charge is 0.462 e. The van der Waals surface area contributed by atoms with Gasteiger partial charge in [-0.05, 0) is 69.7 Å². The quantitative estimate of drug-likeness (QED) is 0.501. The second-order valence-electron chi connectivity index (χ2n) is 10.5. The van der Waals surface area contributed by atoms with Gasteiger partial charge in [0.15, 0.2) is 0 Å². The van der Waals surface area contributed by atoms with E-state index in [2.05, 4.69) is 10.3 Å². The predicted octanol–water partition coefficient (Wildman–Crippen LogP) is 5.07. The first-order valence-electron chi connectivity index (χ1n) is 12.7. The number of esters is 1. The number of aliphatic imine (C=N–C) groups is 1. The van der Waals surface area contributed by atoms with Crippen LogP contribution in [0.5, 0.6) is 0 Å². The number of nitrogens with zero attached hydrogens (tertiary/aromatic N) is 2. The molecule has 1 heterocycles. The zero-order valence-electron chi connectivity index (χ0n) is 22.5. The second-order valence-corrected chi connectivity index (χ2v) is 10.5. The Hall–Kier alpha value is -3.68. The van der Waals surface area contributed by atoms with Crippen LogP contribution in [-0.2, 0) is 26.2 Å². The maximum atomic E-state index is 14.1. The summed E-state index contributed by atoms with van der Waals surface area (Å²) in [5, 5.41) is 3.30. The number of guanidine groups is 1. The van der Waals surface area contributed by atoms with Crippen molar-refractivity contribution in [3.63, 3.8) is 0 Å². The van der Waals surface area contributed by atoms with E-state index in [1.54, 1.807) is 45.9 Å². The summed E-state index contributed by atoms with van der Waals surface area (Å²) >= 11 is 0. The van der Waals surface area contributed by atoms with E-state index in [0.717, 1.165) is 11.1 Å². The molecule has 0 bridgehead atoms. The summed E-state index contributed by atoms with van der Waals surface area (Å²) in [6.07, 6.45) is 0.184. The van der Waals surface area contributed by atoms with Crippen LogP contribution in [0.1, 0.15) is 69.4 Å². The van der Waals surface area contributed by atoms with Crippen molar-refractivity contribution in [2.24, 2.45) is 10.9 Å². The van der Waals surface area contributed by atoms with Crippen molar-refractivity contribution < 1.29 is 23.9 Å². The van der Waals surface area contributed by atoms with E-state index in [4.69, 9.17) is 9.47 Å². The summed E-state index contributed by atoms with van der Waals surface area (Å²) in [5.74, 6) is -0.238. The molecule has 2 aromatic carbocycles. The zero-order valence-corrected chi connectivity index (χ0v) is 22.5. The van der Waals surface area contributed by atoms with Gasteiger partial charge < -0.3 is 14.8 Å². The van der Waals surface area contributed by atoms with Crippen LogP contribution in [0.4, 0.5) is 4.79 Å². The standard InChI is InChI=1S/C29H37N3O5/c1-7-36-24(33)22-13-11-12-21(18-22)16-17-32-25(34)29(19-20(2)3,23-14-9-8-10-15-23)31-26(32)30-27(35)37-28(4,5)6/h8-15,18,20H,7,16-17,19H2,1-6H3,(H,30,31,35)/t29-/m0/s1. The molecule has 1 atom stereocenters. The van der Waals surface area contributed by atoms with Crippen molar-refractivity contribution in [2.75, 3.05) is 13.2 Å². The van der Waals surface area contributed by atoms with Gasteiger partial charge in [0.25, 0.3) is 5.91 Å². The number of hydrogen-bond acceptors (Lipinski definition) is 5. The molecule has 1 aliphatic rings. The monoisotopic (exact) mass is 507 g/mol. The molecular weight excluding hydrogens is 470 g/mol. The summed E-state index contributed by atoms with van der Waals surface area (Å²) in [6.45, 7) is 11.7. The van der Waals surface area contributed by atoms with E-state index < -0.39 is 23.2 Å². The van der Waals surface area contributed by atoms with Gasteiger partial charge in [-0.15, -0.1) is 4.99 Å². The fraction of sp³-hybridized carbons (Fsp3) is 0.448. The minimum atomic E-state index is -1.07. The minimum absolute atomic E-state index is 0.158. The van der Waals surface area contributed by atoms with Crippen molar-refractivity contribution in [2.45, 2.75) is 65.5 Å². The average Bonchev–Trinajstić information content (AvgIpc) is 3.07. The Morgan fingerprint density at radius 3 is 2.41 bits per heavy atom. The highest BCUT2D eigenvalue weighted by Crippen LogP contribution is 2.35. The van der Waals surface area contributed by atoms with Gasteiger partial charge >= 0.3 is 12.1 Å². The normalized spacial score (nSPS) is 18.7. The maximum absolute atomic E-state index is 14.1. The van der Waals surface area contributed by atoms with Crippen LogP contribution in [0.25, 0.3) is 0 Å². The smallest absolute Gasteiger partial charge is 0.437 e. The molecule has 8 heteroatoms. The van der Waals surface area contributed by atoms with Crippen molar-refractivity contribution in [1.82, 2.24) is 10.2 Å². The third kappa shape index (κ3) is 6.96. The van der Waals surface area contributed by atoms with Crippen molar-refractivity contribution >= 4 is 23.9 Å². The Kier molecular flexibility index (Phi) is 8.73. The molecule has 0 unspecified atom stereocenters. The van der Waals surface area contributed by atoms with Gasteiger partial charge in [-0.3, -0.25) is 9.69 Å². The van der Waals surface area contributed by atoms with Crippen LogP contribution in [0.15, 0.2) is 59.6 Å². The van der Waals surface area contributed by atoms with Crippen LogP contribution in [0.2, 0.25) is 0 Å². The number of amides is 2. The summed E-state index contributed by atoms with van der Waals surface area (Å²) in [4.78, 5) is 44.6. The van der Waals surface area contributed by atoms with Crippen molar-refractivity contribution in [1.29, 1.82) is 0 Å². The number of hydrogen-bond donors (Lipinski definition) is 1. The van der Waals surface area contributed by atoms with E-state index in [0.29, 0.717) is 25.0 Å². The summed E-state index contributed by atoms with van der Waals surface area (Å²) in [6, 6.07) is 16.6. The Bertz CT molecular complexity index is 1150. The molecule has 8 nitrogen and oxygen atoms in total. The van der Waals surface area contributed by atoms with Crippen molar-refractivity contribution in [3.05, 3.63) is 71.3 Å². The van der Waals surface area contributed by atoms with Gasteiger partial charge in [0.1, 0.15) is 11.1 Å². The highest BCUT2D eigenvalue weighted by molar-refractivity contribution is 6.11. The van der Waals surface area contributed by atoms with E-state index >= 15 is 0 Å². The molecule has 1 N–H and O–H groups in total. The van der Waals surface area contributed by atoms with E-state index in [1.807, 2.05) is 50.2 Å². The predicted molar refractivity (Wildman–Crippen MR) is 142 cm³/mol. The summed E-state index contributed by atoms with van der Waals surface area (Å²) < 4.78 is 10.5. The Balaban J connectivity index is 1.97. The lowest BCUT2D eigenvalue weighted by Gasteiger charge is -2.29. The van der Waals surface area contributed by atoms with E-state index in [1.165, 1.54) is 4.90 Å². The van der Waals surface area contributed by atoms with Crippen LogP contribution in [-0.4, -0.2) is 47.6 Å². The minimum Gasteiger partial charge on any atom is -0.462 e. The fourth-order valence-electron chi connectivity index (χ4n) is 4.40. The first kappa shape index (κ1) is 27.9. The molecule has 0 aliphatic carbocycles. The molecule has 37 heavy (non-hydrogen) atoms. The van der Waals surface area contributed by atoms with Crippen LogP contribution in [0.3, 0.4) is 0 Å². The highest BCUT2D eigenvalue weighted by Gasteiger charge is 2.51. The van der Waals surface area contributed by atoms with Gasteiger partial charge in [0.05, 0.1) is 12.2 Å². The summed E-state index contributed by atoms with van der Waals surface area (Å²) in [5.41, 5.74) is 0.319. The van der Waals surface area contributed by atoms with Gasteiger partial charge in [0.2, 0.25) is 5.96 Å². The molecule has 2 aromatic rings. The third-order valence-corrected chi connectivity index (χ3v) is 5.83. The molecule has 1 saturated heterocycles. The first-order valence-corrected chi connectivity index (χ1v) is 12.7. The summed E-state index contributed by atoms with van der Waals surface area (Å²) in [7, 11) is 0. The second kappa shape index (κ2) is 11.6. The highest BCUT2D eigenvalue weighted by atomic mass is 16.6. The van der Waals surface area contributed by atoms with Gasteiger partial charge in [0, 0.05) is 6.54 Å². The lowest BCUT2D eigenvalue weighted by Crippen LogP contribution is -2.45. The van der Waals surface area contributed by atoms with Gasteiger partial charge in [-0.1, -0.05) is 56.3 Å². The molecule has 2 amide bonds. The number of nitrogens with one attached hydrogen (secondary N) is 1. The van der Waals surface area contributed by atoms with E-state index in [-0.39, 0.29) is 24.3 Å². The number of carbonyl (C=O) groups excluding carboxylic acids is 3. The van der Waals surface area contributed by atoms with E-state index in [9.17, 15) is 14.4 Å². The molecule has 0 radical (unpaired) electrons. The van der Waals surface area contributed by atoms with Gasteiger partial charge in [-0.2, -0.15) is 0 Å². The maximum Gasteiger partial charge on any atom is 0.437 e. The molecular formula is C29H37N3O5. The number of ether oxygens (including phenoxy) is 2. The lowest BCUT2D eigenvalue weighted by molar-refractivity contribution is -0.132. The molecule has 3 rings (SSSR count). The lowest BCUT2D eigenvalue weighted by atomic mass is 9.82. The first-order chi connectivity index (χ1) is 17.4. The topological polar surface area (TPSA) is 97.3 Å². The fourth-order valence-corrected chi connectivity index (χ4v) is 4.40. The van der Waals surface area contributed by atoms with Gasteiger partial charge in [-0.25, -0.2) is 9.59 Å². The Morgan fingerprint density at radius 2 is 1.78 bits per heavy atom. The number of rotatable bonds is 8. The Labute approximate surface area is 219 Å². The molecule has 0 spiro atoms. The molecule has 1 aliphatic heterocycles. The third-order valence-electron chi connectivity index (χ3n) is 5.83. The van der Waals surface area contributed by atoms with Crippen LogP contribution < -0.4 is 5.32 Å². The molecule has 198 valence electrons. The zero-order chi connectivity index (χ0) is 27.2. The average molecular weight is 508 g/mol. The van der Waals surface area contributed by atoms with Crippen LogP contribution in [0, 0.1) is 5.92 Å². The van der Waals surface area contributed by atoms with Crippen molar-refractivity contribution in [3.8, 4) is 0 Å². The molecule has 1 fully saturated rings. The number of carbonyl (C=O) groups is 3. The molecule has 0 saturated carbocycles.